The molecule has 26 heavy (non-hydrogen) atoms. The van der Waals surface area contributed by atoms with Crippen LogP contribution in [0.4, 0.5) is 0 Å². The van der Waals surface area contributed by atoms with Crippen molar-refractivity contribution in [3.05, 3.63) is 64.4 Å². The van der Waals surface area contributed by atoms with Crippen LogP contribution in [0, 0.1) is 5.92 Å². The number of esters is 1. The number of hydrogen-bond acceptors (Lipinski definition) is 5. The molecule has 0 N–H and O–H groups in total. The summed E-state index contributed by atoms with van der Waals surface area (Å²) in [6.45, 7) is 0. The van der Waals surface area contributed by atoms with Crippen molar-refractivity contribution in [1.29, 1.82) is 0 Å². The van der Waals surface area contributed by atoms with Gasteiger partial charge in [0.2, 0.25) is 0 Å². The molecule has 0 saturated heterocycles. The molecule has 0 aliphatic heterocycles. The number of hydrogen-bond donors (Lipinski definition) is 0. The SMILES string of the molecule is COC(=O)c1ccccc1-n1c(SCC2CC2)nc2ccccc2c1=O. The highest BCUT2D eigenvalue weighted by atomic mass is 32.2. The van der Waals surface area contributed by atoms with Crippen LogP contribution < -0.4 is 5.56 Å². The van der Waals surface area contributed by atoms with Gasteiger partial charge in [0.1, 0.15) is 0 Å². The van der Waals surface area contributed by atoms with Crippen molar-refractivity contribution in [3.8, 4) is 5.69 Å². The van der Waals surface area contributed by atoms with E-state index in [1.807, 2.05) is 18.2 Å². The van der Waals surface area contributed by atoms with E-state index in [0.717, 1.165) is 5.75 Å². The molecule has 0 bridgehead atoms. The van der Waals surface area contributed by atoms with Crippen molar-refractivity contribution in [2.45, 2.75) is 18.0 Å². The fourth-order valence-corrected chi connectivity index (χ4v) is 4.04. The number of ether oxygens (including phenoxy) is 1. The third-order valence-corrected chi connectivity index (χ3v) is 5.61. The molecule has 1 fully saturated rings. The van der Waals surface area contributed by atoms with Gasteiger partial charge in [-0.15, -0.1) is 0 Å². The van der Waals surface area contributed by atoms with Gasteiger partial charge in [-0.3, -0.25) is 9.36 Å². The summed E-state index contributed by atoms with van der Waals surface area (Å²) in [7, 11) is 1.34. The minimum absolute atomic E-state index is 0.176. The highest BCUT2D eigenvalue weighted by Gasteiger charge is 2.24. The van der Waals surface area contributed by atoms with Crippen LogP contribution in [0.1, 0.15) is 23.2 Å². The van der Waals surface area contributed by atoms with Crippen molar-refractivity contribution in [2.75, 3.05) is 12.9 Å². The van der Waals surface area contributed by atoms with Gasteiger partial charge in [-0.05, 0) is 43.0 Å². The smallest absolute Gasteiger partial charge is 0.339 e. The van der Waals surface area contributed by atoms with Crippen molar-refractivity contribution < 1.29 is 9.53 Å². The Balaban J connectivity index is 1.95. The first-order valence-corrected chi connectivity index (χ1v) is 9.50. The number of nitrogens with zero attached hydrogens (tertiary/aromatic N) is 2. The Morgan fingerprint density at radius 1 is 1.19 bits per heavy atom. The van der Waals surface area contributed by atoms with Crippen molar-refractivity contribution in [2.24, 2.45) is 5.92 Å². The number of carbonyl (C=O) groups is 1. The molecule has 0 radical (unpaired) electrons. The maximum absolute atomic E-state index is 13.2. The molecule has 1 heterocycles. The summed E-state index contributed by atoms with van der Waals surface area (Å²) >= 11 is 1.57. The number of methoxy groups -OCH3 is 1. The van der Waals surface area contributed by atoms with Gasteiger partial charge in [0.05, 0.1) is 29.3 Å². The van der Waals surface area contributed by atoms with Crippen molar-refractivity contribution in [1.82, 2.24) is 9.55 Å². The van der Waals surface area contributed by atoms with Gasteiger partial charge < -0.3 is 4.74 Å². The monoisotopic (exact) mass is 366 g/mol. The van der Waals surface area contributed by atoms with E-state index >= 15 is 0 Å². The number of para-hydroxylation sites is 2. The second-order valence-electron chi connectivity index (χ2n) is 6.32. The molecule has 6 heteroatoms. The van der Waals surface area contributed by atoms with E-state index in [1.165, 1.54) is 20.0 Å². The van der Waals surface area contributed by atoms with Gasteiger partial charge in [-0.2, -0.15) is 0 Å². The van der Waals surface area contributed by atoms with Crippen LogP contribution in [0.15, 0.2) is 58.5 Å². The first-order chi connectivity index (χ1) is 12.7. The van der Waals surface area contributed by atoms with E-state index in [9.17, 15) is 9.59 Å². The average molecular weight is 366 g/mol. The molecule has 1 aliphatic carbocycles. The number of aromatic nitrogens is 2. The predicted octanol–water partition coefficient (Wildman–Crippen LogP) is 3.67. The Kier molecular flexibility index (Phi) is 4.51. The van der Waals surface area contributed by atoms with E-state index in [4.69, 9.17) is 9.72 Å². The fraction of sp³-hybridized carbons (Fsp3) is 0.250. The molecule has 0 spiro atoms. The summed E-state index contributed by atoms with van der Waals surface area (Å²) in [6.07, 6.45) is 2.45. The van der Waals surface area contributed by atoms with Crippen molar-refractivity contribution >= 4 is 28.6 Å². The van der Waals surface area contributed by atoms with Gasteiger partial charge in [0.15, 0.2) is 5.16 Å². The van der Waals surface area contributed by atoms with Gasteiger partial charge in [-0.25, -0.2) is 9.78 Å². The third-order valence-electron chi connectivity index (χ3n) is 4.44. The first-order valence-electron chi connectivity index (χ1n) is 8.51. The summed E-state index contributed by atoms with van der Waals surface area (Å²) < 4.78 is 6.44. The Morgan fingerprint density at radius 3 is 2.69 bits per heavy atom. The fourth-order valence-electron chi connectivity index (χ4n) is 2.85. The van der Waals surface area contributed by atoms with E-state index in [-0.39, 0.29) is 5.56 Å². The maximum Gasteiger partial charge on any atom is 0.339 e. The minimum Gasteiger partial charge on any atom is -0.465 e. The molecule has 3 aromatic rings. The summed E-state index contributed by atoms with van der Waals surface area (Å²) in [5.41, 5.74) is 1.34. The molecule has 5 nitrogen and oxygen atoms in total. The molecule has 0 atom stereocenters. The lowest BCUT2D eigenvalue weighted by atomic mass is 10.1. The molecule has 0 amide bonds. The second-order valence-corrected chi connectivity index (χ2v) is 7.30. The molecular weight excluding hydrogens is 348 g/mol. The zero-order chi connectivity index (χ0) is 18.1. The number of thioether (sulfide) groups is 1. The van der Waals surface area contributed by atoms with E-state index in [2.05, 4.69) is 0 Å². The van der Waals surface area contributed by atoms with Crippen LogP contribution in [0.5, 0.6) is 0 Å². The molecule has 1 aromatic heterocycles. The molecule has 132 valence electrons. The molecular formula is C20H18N2O3S. The van der Waals surface area contributed by atoms with Crippen LogP contribution >= 0.6 is 11.8 Å². The molecule has 4 rings (SSSR count). The average Bonchev–Trinajstić information content (AvgIpc) is 3.50. The quantitative estimate of drug-likeness (QED) is 0.392. The Labute approximate surface area is 155 Å². The summed E-state index contributed by atoms with van der Waals surface area (Å²) in [5.74, 6) is 1.14. The Hall–Kier alpha value is -2.60. The standard InChI is InChI=1S/C20H18N2O3S/c1-25-19(24)15-7-3-5-9-17(15)22-18(23)14-6-2-4-8-16(14)21-20(22)26-12-13-10-11-13/h2-9,13H,10-12H2,1H3. The van der Waals surface area contributed by atoms with Gasteiger partial charge >= 0.3 is 5.97 Å². The Morgan fingerprint density at radius 2 is 1.92 bits per heavy atom. The van der Waals surface area contributed by atoms with Crippen LogP contribution in [0.3, 0.4) is 0 Å². The van der Waals surface area contributed by atoms with Crippen LogP contribution in [0.25, 0.3) is 16.6 Å². The van der Waals surface area contributed by atoms with Gasteiger partial charge in [0.25, 0.3) is 5.56 Å². The summed E-state index contributed by atoms with van der Waals surface area (Å²) in [4.78, 5) is 30.1. The zero-order valence-corrected chi connectivity index (χ0v) is 15.2. The van der Waals surface area contributed by atoms with Crippen molar-refractivity contribution in [3.63, 3.8) is 0 Å². The lowest BCUT2D eigenvalue weighted by Crippen LogP contribution is -2.24. The third kappa shape index (κ3) is 3.12. The number of benzene rings is 2. The highest BCUT2D eigenvalue weighted by molar-refractivity contribution is 7.99. The summed E-state index contributed by atoms with van der Waals surface area (Å²) in [5, 5.41) is 1.14. The molecule has 0 unspecified atom stereocenters. The lowest BCUT2D eigenvalue weighted by Gasteiger charge is -2.15. The van der Waals surface area contributed by atoms with Gasteiger partial charge in [0, 0.05) is 5.75 Å². The number of fused-ring (bicyclic) bond motifs is 1. The van der Waals surface area contributed by atoms with Crippen LogP contribution in [0.2, 0.25) is 0 Å². The topological polar surface area (TPSA) is 61.2 Å². The van der Waals surface area contributed by atoms with E-state index < -0.39 is 5.97 Å². The maximum atomic E-state index is 13.2. The lowest BCUT2D eigenvalue weighted by molar-refractivity contribution is 0.0600. The molecule has 1 aliphatic rings. The van der Waals surface area contributed by atoms with E-state index in [1.54, 1.807) is 46.7 Å². The Bertz CT molecular complexity index is 1040. The predicted molar refractivity (Wildman–Crippen MR) is 102 cm³/mol. The minimum atomic E-state index is -0.473. The molecule has 2 aromatic carbocycles. The van der Waals surface area contributed by atoms with Gasteiger partial charge in [-0.1, -0.05) is 36.0 Å². The van der Waals surface area contributed by atoms with Crippen LogP contribution in [-0.2, 0) is 4.74 Å². The highest BCUT2D eigenvalue weighted by Crippen LogP contribution is 2.35. The normalized spacial score (nSPS) is 13.7. The largest absolute Gasteiger partial charge is 0.465 e. The first kappa shape index (κ1) is 16.8. The number of rotatable bonds is 5. The van der Waals surface area contributed by atoms with Crippen LogP contribution in [-0.4, -0.2) is 28.4 Å². The second kappa shape index (κ2) is 6.96. The zero-order valence-electron chi connectivity index (χ0n) is 14.3. The number of carbonyl (C=O) groups excluding carboxylic acids is 1. The van der Waals surface area contributed by atoms with E-state index in [0.29, 0.717) is 33.2 Å². The summed E-state index contributed by atoms with van der Waals surface area (Å²) in [6, 6.07) is 14.3. The molecule has 1 saturated carbocycles.